The molecule has 0 saturated carbocycles. The Morgan fingerprint density at radius 2 is 0.525 bits per heavy atom. The molecule has 0 saturated heterocycles. The molecule has 2 N–H and O–H groups in total. The van der Waals surface area contributed by atoms with E-state index in [-0.39, 0.29) is 0 Å². The van der Waals surface area contributed by atoms with Crippen molar-refractivity contribution < 1.29 is 0 Å². The number of rotatable bonds is 35. The molecule has 40 heavy (non-hydrogen) atoms. The fourth-order valence-corrected chi connectivity index (χ4v) is 6.06. The van der Waals surface area contributed by atoms with Gasteiger partial charge in [0.2, 0.25) is 0 Å². The van der Waals surface area contributed by atoms with Gasteiger partial charge in [-0.15, -0.1) is 0 Å². The monoisotopic (exact) mass is 566 g/mol. The van der Waals surface area contributed by atoms with Crippen molar-refractivity contribution in [3.8, 4) is 0 Å². The molecule has 0 unspecified atom stereocenters. The normalized spacial score (nSPS) is 11.8. The van der Waals surface area contributed by atoms with Crippen molar-refractivity contribution in [1.82, 2.24) is 9.80 Å². The van der Waals surface area contributed by atoms with Crippen LogP contribution in [-0.4, -0.2) is 55.6 Å². The molecule has 0 aliphatic carbocycles. The molecule has 0 aromatic heterocycles. The summed E-state index contributed by atoms with van der Waals surface area (Å²) >= 11 is 0. The second-order valence-electron chi connectivity index (χ2n) is 13.0. The Morgan fingerprint density at radius 3 is 0.850 bits per heavy atom. The Bertz CT molecular complexity index is 433. The molecule has 0 fully saturated rings. The summed E-state index contributed by atoms with van der Waals surface area (Å²) in [7, 11) is 0. The third kappa shape index (κ3) is 30.8. The minimum absolute atomic E-state index is 0.826. The van der Waals surface area contributed by atoms with Crippen LogP contribution >= 0.6 is 0 Å². The number of nitrogens with zero attached hydrogens (tertiary/aromatic N) is 2. The zero-order valence-corrected chi connectivity index (χ0v) is 28.5. The molecule has 0 amide bonds. The molecule has 0 atom stereocenters. The predicted molar refractivity (Wildman–Crippen MR) is 184 cm³/mol. The Labute approximate surface area is 255 Å². The van der Waals surface area contributed by atoms with E-state index < -0.39 is 0 Å². The van der Waals surface area contributed by atoms with Gasteiger partial charge in [0.25, 0.3) is 0 Å². The van der Waals surface area contributed by atoms with E-state index in [1.807, 2.05) is 0 Å². The molecule has 242 valence electrons. The van der Waals surface area contributed by atoms with Gasteiger partial charge in [-0.1, -0.05) is 162 Å². The van der Waals surface area contributed by atoms with Crippen LogP contribution in [0.4, 0.5) is 0 Å². The Morgan fingerprint density at radius 1 is 0.275 bits per heavy atom. The smallest absolute Gasteiger partial charge is 0.000654 e. The fraction of sp³-hybridized carbons (Fsp3) is 1.00. The maximum atomic E-state index is 5.81. The molecule has 0 aliphatic heterocycles. The zero-order valence-electron chi connectivity index (χ0n) is 28.5. The van der Waals surface area contributed by atoms with Crippen LogP contribution in [0.1, 0.15) is 194 Å². The second-order valence-corrected chi connectivity index (χ2v) is 13.0. The second kappa shape index (κ2) is 35.1. The van der Waals surface area contributed by atoms with Crippen LogP contribution in [0.25, 0.3) is 0 Å². The predicted octanol–water partition coefficient (Wildman–Crippen LogP) is 11.1. The number of hydrogen-bond acceptors (Lipinski definition) is 3. The molecule has 3 heteroatoms. The molecule has 0 radical (unpaired) electrons. The van der Waals surface area contributed by atoms with Crippen LogP contribution in [0.3, 0.4) is 0 Å². The number of hydrogen-bond donors (Lipinski definition) is 1. The molecule has 0 heterocycles. The van der Waals surface area contributed by atoms with E-state index in [2.05, 4.69) is 30.6 Å². The Hall–Kier alpha value is -0.120. The summed E-state index contributed by atoms with van der Waals surface area (Å²) in [5, 5.41) is 0. The van der Waals surface area contributed by atoms with E-state index in [4.69, 9.17) is 5.73 Å². The van der Waals surface area contributed by atoms with Crippen molar-refractivity contribution in [3.05, 3.63) is 0 Å². The average molecular weight is 566 g/mol. The Kier molecular flexibility index (Phi) is 35.0. The van der Waals surface area contributed by atoms with Crippen molar-refractivity contribution in [1.29, 1.82) is 0 Å². The van der Waals surface area contributed by atoms with Crippen LogP contribution < -0.4 is 5.73 Å². The van der Waals surface area contributed by atoms with Gasteiger partial charge in [0.05, 0.1) is 0 Å². The first kappa shape index (κ1) is 39.9. The van der Waals surface area contributed by atoms with Gasteiger partial charge in [-0.05, 0) is 77.9 Å². The largest absolute Gasteiger partial charge is 0.330 e. The summed E-state index contributed by atoms with van der Waals surface area (Å²) in [6, 6.07) is 0. The topological polar surface area (TPSA) is 32.5 Å². The van der Waals surface area contributed by atoms with Gasteiger partial charge in [0.1, 0.15) is 0 Å². The van der Waals surface area contributed by atoms with Gasteiger partial charge in [0, 0.05) is 0 Å². The molecular weight excluding hydrogens is 486 g/mol. The van der Waals surface area contributed by atoms with Gasteiger partial charge in [-0.3, -0.25) is 0 Å². The van der Waals surface area contributed by atoms with E-state index in [1.54, 1.807) is 0 Å². The molecule has 0 aromatic carbocycles. The standard InChI is InChI=1S/C37H79N3/c1-4-7-10-12-14-16-18-20-22-24-26-28-34-40(37-30-36-39(32-9-6-3)35-29-31-38)33-27-25-23-21-19-17-15-13-11-8-5-2/h4-38H2,1-3H3. The first-order valence-electron chi connectivity index (χ1n) is 18.9. The SMILES string of the molecule is CCCCCCCCCCCCCCN(CCCCCCCCCCCCC)CCCN(CCCC)CCCN. The fourth-order valence-electron chi connectivity index (χ4n) is 6.06. The summed E-state index contributed by atoms with van der Waals surface area (Å²) < 4.78 is 0. The minimum Gasteiger partial charge on any atom is -0.330 e. The van der Waals surface area contributed by atoms with Crippen LogP contribution in [-0.2, 0) is 0 Å². The lowest BCUT2D eigenvalue weighted by Crippen LogP contribution is -2.33. The molecule has 0 spiro atoms. The van der Waals surface area contributed by atoms with Crippen LogP contribution in [0.15, 0.2) is 0 Å². The highest BCUT2D eigenvalue weighted by Gasteiger charge is 2.08. The lowest BCUT2D eigenvalue weighted by Gasteiger charge is -2.26. The summed E-state index contributed by atoms with van der Waals surface area (Å²) in [5.74, 6) is 0. The van der Waals surface area contributed by atoms with Gasteiger partial charge < -0.3 is 15.5 Å². The van der Waals surface area contributed by atoms with Crippen molar-refractivity contribution >= 4 is 0 Å². The van der Waals surface area contributed by atoms with E-state index in [1.165, 1.54) is 206 Å². The molecular formula is C37H79N3. The minimum atomic E-state index is 0.826. The number of nitrogens with two attached hydrogens (primary N) is 1. The molecule has 0 bridgehead atoms. The third-order valence-electron chi connectivity index (χ3n) is 8.86. The van der Waals surface area contributed by atoms with E-state index in [9.17, 15) is 0 Å². The van der Waals surface area contributed by atoms with Crippen molar-refractivity contribution in [2.45, 2.75) is 194 Å². The molecule has 0 rings (SSSR count). The summed E-state index contributed by atoms with van der Waals surface area (Å²) in [6.07, 6.45) is 38.3. The zero-order chi connectivity index (χ0) is 29.2. The van der Waals surface area contributed by atoms with E-state index in [0.717, 1.165) is 13.0 Å². The summed E-state index contributed by atoms with van der Waals surface area (Å²) in [5.41, 5.74) is 5.81. The lowest BCUT2D eigenvalue weighted by molar-refractivity contribution is 0.218. The van der Waals surface area contributed by atoms with E-state index in [0.29, 0.717) is 0 Å². The van der Waals surface area contributed by atoms with Gasteiger partial charge in [-0.25, -0.2) is 0 Å². The third-order valence-corrected chi connectivity index (χ3v) is 8.86. The highest BCUT2D eigenvalue weighted by molar-refractivity contribution is 4.64. The van der Waals surface area contributed by atoms with Crippen LogP contribution in [0.5, 0.6) is 0 Å². The van der Waals surface area contributed by atoms with Crippen molar-refractivity contribution in [2.75, 3.05) is 45.8 Å². The van der Waals surface area contributed by atoms with Gasteiger partial charge in [-0.2, -0.15) is 0 Å². The van der Waals surface area contributed by atoms with Crippen molar-refractivity contribution in [2.24, 2.45) is 5.73 Å². The van der Waals surface area contributed by atoms with Crippen molar-refractivity contribution in [3.63, 3.8) is 0 Å². The summed E-state index contributed by atoms with van der Waals surface area (Å²) in [4.78, 5) is 5.51. The maximum Gasteiger partial charge on any atom is -0.000654 e. The highest BCUT2D eigenvalue weighted by Crippen LogP contribution is 2.14. The maximum absolute atomic E-state index is 5.81. The van der Waals surface area contributed by atoms with E-state index >= 15 is 0 Å². The van der Waals surface area contributed by atoms with Gasteiger partial charge in [0.15, 0.2) is 0 Å². The first-order valence-corrected chi connectivity index (χ1v) is 18.9. The molecule has 0 aliphatic rings. The Balaban J connectivity index is 4.12. The molecule has 3 nitrogen and oxygen atoms in total. The van der Waals surface area contributed by atoms with Crippen LogP contribution in [0, 0.1) is 0 Å². The lowest BCUT2D eigenvalue weighted by atomic mass is 10.0. The first-order chi connectivity index (χ1) is 19.8. The van der Waals surface area contributed by atoms with Gasteiger partial charge >= 0.3 is 0 Å². The number of unbranched alkanes of at least 4 members (excludes halogenated alkanes) is 22. The summed E-state index contributed by atoms with van der Waals surface area (Å²) in [6.45, 7) is 15.4. The van der Waals surface area contributed by atoms with Crippen LogP contribution in [0.2, 0.25) is 0 Å². The average Bonchev–Trinajstić information content (AvgIpc) is 2.97. The quantitative estimate of drug-likeness (QED) is 0.0775. The molecule has 0 aromatic rings. The highest BCUT2D eigenvalue weighted by atomic mass is 15.1.